The molecule has 2 heterocycles. The lowest BCUT2D eigenvalue weighted by Crippen LogP contribution is -2.16. The number of Topliss-reactive ketones (excluding diaryl/α,β-unsaturated/α-hetero) is 1. The summed E-state index contributed by atoms with van der Waals surface area (Å²) in [5.74, 6) is 2.56. The largest absolute Gasteiger partial charge is 0.485 e. The third-order valence-electron chi connectivity index (χ3n) is 6.56. The highest BCUT2D eigenvalue weighted by Crippen LogP contribution is 2.39. The van der Waals surface area contributed by atoms with Crippen LogP contribution >= 0.6 is 34.7 Å². The molecule has 1 aliphatic rings. The number of ketones is 1. The minimum atomic E-state index is -0.224. The molecule has 3 aromatic carbocycles. The average molecular weight is 546 g/mol. The van der Waals surface area contributed by atoms with Crippen molar-refractivity contribution in [3.63, 3.8) is 0 Å². The highest BCUT2D eigenvalue weighted by atomic mass is 35.5. The number of nitrogens with one attached hydrogen (secondary N) is 1. The Balaban J connectivity index is 1.35. The minimum absolute atomic E-state index is 0.212. The topological polar surface area (TPSA) is 67.9 Å². The number of rotatable bonds is 8. The molecular formula is C29H24ClN3O2S2. The quantitative estimate of drug-likeness (QED) is 0.201. The van der Waals surface area contributed by atoms with Crippen LogP contribution in [0.5, 0.6) is 5.75 Å². The molecule has 37 heavy (non-hydrogen) atoms. The second kappa shape index (κ2) is 10.7. The number of aromatic nitrogens is 3. The van der Waals surface area contributed by atoms with Gasteiger partial charge in [0.1, 0.15) is 17.7 Å². The maximum absolute atomic E-state index is 12.7. The van der Waals surface area contributed by atoms with Crippen LogP contribution in [-0.4, -0.2) is 20.7 Å². The Morgan fingerprint density at radius 2 is 2.00 bits per heavy atom. The Kier molecular flexibility index (Phi) is 7.00. The monoisotopic (exact) mass is 545 g/mol. The minimum Gasteiger partial charge on any atom is -0.485 e. The first-order chi connectivity index (χ1) is 18.1. The predicted octanol–water partition coefficient (Wildman–Crippen LogP) is 7.85. The Morgan fingerprint density at radius 3 is 2.84 bits per heavy atom. The van der Waals surface area contributed by atoms with Crippen molar-refractivity contribution in [1.29, 1.82) is 0 Å². The van der Waals surface area contributed by atoms with Crippen LogP contribution in [0.4, 0.5) is 0 Å². The van der Waals surface area contributed by atoms with E-state index in [1.807, 2.05) is 54.7 Å². The second-order valence-electron chi connectivity index (χ2n) is 8.98. The van der Waals surface area contributed by atoms with E-state index >= 15 is 0 Å². The number of fused-ring (bicyclic) bond motifs is 2. The number of thioether (sulfide) groups is 1. The Morgan fingerprint density at radius 1 is 1.11 bits per heavy atom. The molecule has 0 spiro atoms. The lowest BCUT2D eigenvalue weighted by atomic mass is 9.87. The third-order valence-corrected chi connectivity index (χ3v) is 9.00. The number of halogens is 1. The van der Waals surface area contributed by atoms with Gasteiger partial charge in [0.15, 0.2) is 10.1 Å². The van der Waals surface area contributed by atoms with Crippen molar-refractivity contribution in [2.24, 2.45) is 0 Å². The zero-order chi connectivity index (χ0) is 25.2. The molecule has 0 bridgehead atoms. The predicted molar refractivity (Wildman–Crippen MR) is 150 cm³/mol. The summed E-state index contributed by atoms with van der Waals surface area (Å²) in [7, 11) is 0. The lowest BCUT2D eigenvalue weighted by molar-refractivity contribution is 0.0972. The van der Waals surface area contributed by atoms with Crippen LogP contribution in [0.25, 0.3) is 10.2 Å². The first kappa shape index (κ1) is 24.2. The summed E-state index contributed by atoms with van der Waals surface area (Å²) in [5.41, 5.74) is 5.00. The number of ether oxygens (including phenoxy) is 1. The molecule has 1 aliphatic carbocycles. The van der Waals surface area contributed by atoms with Gasteiger partial charge < -0.3 is 9.72 Å². The van der Waals surface area contributed by atoms with Crippen LogP contribution in [0.3, 0.4) is 0 Å². The van der Waals surface area contributed by atoms with E-state index in [-0.39, 0.29) is 11.9 Å². The van der Waals surface area contributed by atoms with Crippen molar-refractivity contribution in [3.8, 4) is 5.75 Å². The summed E-state index contributed by atoms with van der Waals surface area (Å²) < 4.78 is 8.83. The Bertz CT molecular complexity index is 1550. The van der Waals surface area contributed by atoms with Gasteiger partial charge in [-0.25, -0.2) is 9.97 Å². The number of benzene rings is 3. The maximum atomic E-state index is 12.7. The maximum Gasteiger partial charge on any atom is 0.163 e. The van der Waals surface area contributed by atoms with Gasteiger partial charge in [0.2, 0.25) is 0 Å². The van der Waals surface area contributed by atoms with Crippen LogP contribution in [0.1, 0.15) is 51.8 Å². The molecule has 6 rings (SSSR count). The second-order valence-corrected chi connectivity index (χ2v) is 11.7. The number of carbonyl (C=O) groups excluding carboxylic acids is 1. The molecule has 0 saturated heterocycles. The molecule has 1 N–H and O–H groups in total. The molecule has 186 valence electrons. The van der Waals surface area contributed by atoms with E-state index in [0.29, 0.717) is 23.6 Å². The van der Waals surface area contributed by atoms with Crippen molar-refractivity contribution in [1.82, 2.24) is 15.0 Å². The first-order valence-corrected chi connectivity index (χ1v) is 14.4. The number of thiazole rings is 1. The van der Waals surface area contributed by atoms with Gasteiger partial charge in [-0.05, 0) is 54.3 Å². The average Bonchev–Trinajstić information content (AvgIpc) is 3.57. The van der Waals surface area contributed by atoms with Crippen molar-refractivity contribution in [2.75, 3.05) is 0 Å². The first-order valence-electron chi connectivity index (χ1n) is 12.2. The molecule has 0 amide bonds. The number of hydrogen-bond donors (Lipinski definition) is 1. The van der Waals surface area contributed by atoms with Crippen molar-refractivity contribution in [2.45, 2.75) is 41.9 Å². The molecule has 5 nitrogen and oxygen atoms in total. The van der Waals surface area contributed by atoms with Gasteiger partial charge >= 0.3 is 0 Å². The van der Waals surface area contributed by atoms with Gasteiger partial charge in [-0.15, -0.1) is 11.3 Å². The number of aromatic amines is 1. The van der Waals surface area contributed by atoms with Gasteiger partial charge in [-0.3, -0.25) is 4.79 Å². The molecule has 5 aromatic rings. The lowest BCUT2D eigenvalue weighted by Gasteiger charge is -2.25. The Hall–Kier alpha value is -3.13. The SMILES string of the molecule is O=C1CCCc2c1ccc(O[C@@H](Cc1ncc[nH]1)c1ccccc1)c2CSc1nc2cc(Cl)ccc2s1. The fourth-order valence-electron chi connectivity index (χ4n) is 4.76. The van der Waals surface area contributed by atoms with Crippen LogP contribution in [0.2, 0.25) is 5.02 Å². The number of H-pyrrole nitrogens is 1. The molecule has 1 atom stereocenters. The summed E-state index contributed by atoms with van der Waals surface area (Å²) in [6, 6.07) is 19.9. The molecular weight excluding hydrogens is 522 g/mol. The van der Waals surface area contributed by atoms with Crippen LogP contribution in [-0.2, 0) is 18.6 Å². The zero-order valence-electron chi connectivity index (χ0n) is 19.9. The summed E-state index contributed by atoms with van der Waals surface area (Å²) >= 11 is 9.50. The van der Waals surface area contributed by atoms with E-state index in [9.17, 15) is 4.79 Å². The molecule has 0 radical (unpaired) electrons. The Labute approximate surface area is 228 Å². The van der Waals surface area contributed by atoms with Gasteiger partial charge in [0, 0.05) is 47.1 Å². The fraction of sp³-hybridized carbons (Fsp3) is 0.207. The van der Waals surface area contributed by atoms with E-state index < -0.39 is 0 Å². The highest BCUT2D eigenvalue weighted by Gasteiger charge is 2.25. The number of nitrogens with zero attached hydrogens (tertiary/aromatic N) is 2. The summed E-state index contributed by atoms with van der Waals surface area (Å²) in [5, 5.41) is 0.684. The van der Waals surface area contributed by atoms with Gasteiger partial charge in [-0.2, -0.15) is 0 Å². The van der Waals surface area contributed by atoms with Crippen LogP contribution in [0, 0.1) is 0 Å². The van der Waals surface area contributed by atoms with Crippen LogP contribution in [0.15, 0.2) is 77.4 Å². The van der Waals surface area contributed by atoms with Gasteiger partial charge in [0.25, 0.3) is 0 Å². The van der Waals surface area contributed by atoms with E-state index in [1.165, 1.54) is 0 Å². The summed E-state index contributed by atoms with van der Waals surface area (Å²) in [6.07, 6.45) is 6.31. The van der Waals surface area contributed by atoms with E-state index in [1.54, 1.807) is 29.3 Å². The van der Waals surface area contributed by atoms with Crippen molar-refractivity contribution >= 4 is 50.7 Å². The number of carbonyl (C=O) groups is 1. The van der Waals surface area contributed by atoms with Crippen LogP contribution < -0.4 is 4.74 Å². The molecule has 0 fully saturated rings. The zero-order valence-corrected chi connectivity index (χ0v) is 22.3. The standard InChI is InChI=1S/C29H24ClN3O2S2/c30-19-9-12-27-23(15-19)33-29(37-27)36-17-22-20-7-4-8-24(34)21(20)10-11-25(22)35-26(16-28-31-13-14-32-28)18-5-2-1-3-6-18/h1-3,5-6,9-15,26H,4,7-8,16-17H2,(H,31,32)/t26-/m0/s1. The van der Waals surface area contributed by atoms with Crippen molar-refractivity contribution in [3.05, 3.63) is 106 Å². The molecule has 0 aliphatic heterocycles. The molecule has 8 heteroatoms. The highest BCUT2D eigenvalue weighted by molar-refractivity contribution is 8.00. The summed E-state index contributed by atoms with van der Waals surface area (Å²) in [6.45, 7) is 0. The van der Waals surface area contributed by atoms with Crippen molar-refractivity contribution < 1.29 is 9.53 Å². The summed E-state index contributed by atoms with van der Waals surface area (Å²) in [4.78, 5) is 25.2. The van der Waals surface area contributed by atoms with E-state index in [4.69, 9.17) is 21.3 Å². The van der Waals surface area contributed by atoms with Gasteiger partial charge in [0.05, 0.1) is 10.2 Å². The number of hydrogen-bond acceptors (Lipinski definition) is 6. The molecule has 0 saturated carbocycles. The molecule has 2 aromatic heterocycles. The third kappa shape index (κ3) is 5.30. The molecule has 0 unspecified atom stereocenters. The number of imidazole rings is 1. The smallest absolute Gasteiger partial charge is 0.163 e. The van der Waals surface area contributed by atoms with Gasteiger partial charge in [-0.1, -0.05) is 53.7 Å². The van der Waals surface area contributed by atoms with E-state index in [0.717, 1.165) is 61.2 Å². The van der Waals surface area contributed by atoms with E-state index in [2.05, 4.69) is 22.1 Å². The fourth-order valence-corrected chi connectivity index (χ4v) is 7.03. The normalized spacial score (nSPS) is 14.0.